The lowest BCUT2D eigenvalue weighted by atomic mass is 10.1. The van der Waals surface area contributed by atoms with E-state index >= 15 is 0 Å². The summed E-state index contributed by atoms with van der Waals surface area (Å²) >= 11 is 1.38. The number of ether oxygens (including phenoxy) is 1. The average Bonchev–Trinajstić information content (AvgIpc) is 3.09. The van der Waals surface area contributed by atoms with Gasteiger partial charge in [0.15, 0.2) is 5.13 Å². The SMILES string of the molecule is COc1ccc(Nc2ccccc2C(=O)Nc2nccs2)cc1. The maximum absolute atomic E-state index is 12.4. The third-order valence-corrected chi connectivity index (χ3v) is 3.88. The Morgan fingerprint density at radius 1 is 1.13 bits per heavy atom. The second-order valence-electron chi connectivity index (χ2n) is 4.69. The molecule has 116 valence electrons. The first-order valence-corrected chi connectivity index (χ1v) is 7.85. The maximum atomic E-state index is 12.4. The van der Waals surface area contributed by atoms with E-state index in [1.807, 2.05) is 47.8 Å². The quantitative estimate of drug-likeness (QED) is 0.740. The van der Waals surface area contributed by atoms with E-state index in [1.54, 1.807) is 19.4 Å². The van der Waals surface area contributed by atoms with Crippen LogP contribution in [0.25, 0.3) is 0 Å². The second-order valence-corrected chi connectivity index (χ2v) is 5.59. The van der Waals surface area contributed by atoms with Gasteiger partial charge in [-0.05, 0) is 36.4 Å². The molecular weight excluding hydrogens is 310 g/mol. The fourth-order valence-electron chi connectivity index (χ4n) is 2.07. The molecule has 2 N–H and O–H groups in total. The number of hydrogen-bond acceptors (Lipinski definition) is 5. The molecular formula is C17H15N3O2S. The van der Waals surface area contributed by atoms with E-state index in [1.165, 1.54) is 11.3 Å². The van der Waals surface area contributed by atoms with Crippen LogP contribution in [0, 0.1) is 0 Å². The molecule has 1 aromatic heterocycles. The molecule has 1 amide bonds. The van der Waals surface area contributed by atoms with E-state index in [2.05, 4.69) is 15.6 Å². The Morgan fingerprint density at radius 2 is 1.91 bits per heavy atom. The highest BCUT2D eigenvalue weighted by molar-refractivity contribution is 7.13. The third-order valence-electron chi connectivity index (χ3n) is 3.19. The monoisotopic (exact) mass is 325 g/mol. The fourth-order valence-corrected chi connectivity index (χ4v) is 2.59. The molecule has 0 radical (unpaired) electrons. The van der Waals surface area contributed by atoms with Gasteiger partial charge in [0, 0.05) is 17.3 Å². The lowest BCUT2D eigenvalue weighted by Gasteiger charge is -2.12. The summed E-state index contributed by atoms with van der Waals surface area (Å²) in [4.78, 5) is 16.5. The molecule has 0 aliphatic rings. The summed E-state index contributed by atoms with van der Waals surface area (Å²) in [5.41, 5.74) is 2.16. The molecule has 3 rings (SSSR count). The highest BCUT2D eigenvalue weighted by Crippen LogP contribution is 2.24. The minimum absolute atomic E-state index is 0.198. The largest absolute Gasteiger partial charge is 0.497 e. The molecule has 0 saturated carbocycles. The van der Waals surface area contributed by atoms with Gasteiger partial charge in [0.1, 0.15) is 5.75 Å². The smallest absolute Gasteiger partial charge is 0.259 e. The van der Waals surface area contributed by atoms with Crippen molar-refractivity contribution in [1.29, 1.82) is 0 Å². The van der Waals surface area contributed by atoms with Crippen LogP contribution in [-0.2, 0) is 0 Å². The highest BCUT2D eigenvalue weighted by Gasteiger charge is 2.12. The molecule has 0 atom stereocenters. The van der Waals surface area contributed by atoms with E-state index in [-0.39, 0.29) is 5.91 Å². The van der Waals surface area contributed by atoms with Crippen LogP contribution in [0.4, 0.5) is 16.5 Å². The number of nitrogens with zero attached hydrogens (tertiary/aromatic N) is 1. The summed E-state index contributed by atoms with van der Waals surface area (Å²) < 4.78 is 5.14. The Balaban J connectivity index is 1.80. The zero-order valence-electron chi connectivity index (χ0n) is 12.4. The number of carbonyl (C=O) groups excluding carboxylic acids is 1. The number of thiazole rings is 1. The van der Waals surface area contributed by atoms with Gasteiger partial charge in [0.2, 0.25) is 0 Å². The van der Waals surface area contributed by atoms with Gasteiger partial charge in [-0.25, -0.2) is 4.98 Å². The standard InChI is InChI=1S/C17H15N3O2S/c1-22-13-8-6-12(7-9-13)19-15-5-3-2-4-14(15)16(21)20-17-18-10-11-23-17/h2-11,19H,1H3,(H,18,20,21). The van der Waals surface area contributed by atoms with Gasteiger partial charge in [-0.1, -0.05) is 12.1 Å². The Hall–Kier alpha value is -2.86. The molecule has 23 heavy (non-hydrogen) atoms. The van der Waals surface area contributed by atoms with Gasteiger partial charge < -0.3 is 10.1 Å². The molecule has 0 fully saturated rings. The molecule has 0 saturated heterocycles. The first kappa shape index (κ1) is 15.1. The molecule has 2 aromatic carbocycles. The van der Waals surface area contributed by atoms with Crippen molar-refractivity contribution in [2.45, 2.75) is 0 Å². The number of methoxy groups -OCH3 is 1. The van der Waals surface area contributed by atoms with Gasteiger partial charge >= 0.3 is 0 Å². The fraction of sp³-hybridized carbons (Fsp3) is 0.0588. The summed E-state index contributed by atoms with van der Waals surface area (Å²) in [5, 5.41) is 8.44. The van der Waals surface area contributed by atoms with Crippen molar-refractivity contribution < 1.29 is 9.53 Å². The van der Waals surface area contributed by atoms with E-state index < -0.39 is 0 Å². The minimum Gasteiger partial charge on any atom is -0.497 e. The predicted molar refractivity (Wildman–Crippen MR) is 92.8 cm³/mol. The molecule has 0 unspecified atom stereocenters. The van der Waals surface area contributed by atoms with Crippen LogP contribution in [0.3, 0.4) is 0 Å². The van der Waals surface area contributed by atoms with E-state index in [0.29, 0.717) is 10.7 Å². The van der Waals surface area contributed by atoms with Crippen molar-refractivity contribution in [2.75, 3.05) is 17.7 Å². The molecule has 0 aliphatic carbocycles. The Morgan fingerprint density at radius 3 is 2.61 bits per heavy atom. The first-order chi connectivity index (χ1) is 11.3. The molecule has 5 nitrogen and oxygen atoms in total. The number of rotatable bonds is 5. The zero-order valence-corrected chi connectivity index (χ0v) is 13.3. The molecule has 0 bridgehead atoms. The van der Waals surface area contributed by atoms with Gasteiger partial charge in [-0.3, -0.25) is 10.1 Å². The van der Waals surface area contributed by atoms with Crippen molar-refractivity contribution in [3.8, 4) is 5.75 Å². The van der Waals surface area contributed by atoms with Crippen LogP contribution < -0.4 is 15.4 Å². The lowest BCUT2D eigenvalue weighted by molar-refractivity contribution is 0.102. The van der Waals surface area contributed by atoms with Crippen LogP contribution >= 0.6 is 11.3 Å². The van der Waals surface area contributed by atoms with Crippen molar-refractivity contribution in [1.82, 2.24) is 4.98 Å². The number of anilines is 3. The highest BCUT2D eigenvalue weighted by atomic mass is 32.1. The Bertz CT molecular complexity index is 786. The first-order valence-electron chi connectivity index (χ1n) is 6.97. The summed E-state index contributed by atoms with van der Waals surface area (Å²) in [6.45, 7) is 0. The number of amides is 1. The average molecular weight is 325 g/mol. The Kier molecular flexibility index (Phi) is 4.54. The second kappa shape index (κ2) is 6.93. The number of aromatic nitrogens is 1. The summed E-state index contributed by atoms with van der Waals surface area (Å²) in [5.74, 6) is 0.585. The predicted octanol–water partition coefficient (Wildman–Crippen LogP) is 4.15. The van der Waals surface area contributed by atoms with Gasteiger partial charge in [-0.15, -0.1) is 11.3 Å². The van der Waals surface area contributed by atoms with Crippen LogP contribution in [-0.4, -0.2) is 18.0 Å². The number of benzene rings is 2. The minimum atomic E-state index is -0.198. The summed E-state index contributed by atoms with van der Waals surface area (Å²) in [7, 11) is 1.63. The zero-order chi connectivity index (χ0) is 16.1. The number of carbonyl (C=O) groups is 1. The topological polar surface area (TPSA) is 63.2 Å². The molecule has 6 heteroatoms. The van der Waals surface area contributed by atoms with Gasteiger partial charge in [-0.2, -0.15) is 0 Å². The van der Waals surface area contributed by atoms with Crippen LogP contribution in [0.2, 0.25) is 0 Å². The number of nitrogens with one attached hydrogen (secondary N) is 2. The molecule has 0 aliphatic heterocycles. The summed E-state index contributed by atoms with van der Waals surface area (Å²) in [6.07, 6.45) is 1.65. The maximum Gasteiger partial charge on any atom is 0.259 e. The van der Waals surface area contributed by atoms with Crippen LogP contribution in [0.1, 0.15) is 10.4 Å². The van der Waals surface area contributed by atoms with Crippen molar-refractivity contribution in [3.05, 3.63) is 65.7 Å². The summed E-state index contributed by atoms with van der Waals surface area (Å²) in [6, 6.07) is 14.9. The van der Waals surface area contributed by atoms with E-state index in [4.69, 9.17) is 4.74 Å². The van der Waals surface area contributed by atoms with Crippen molar-refractivity contribution in [2.24, 2.45) is 0 Å². The number of para-hydroxylation sites is 1. The Labute approximate surface area is 138 Å². The van der Waals surface area contributed by atoms with E-state index in [9.17, 15) is 4.79 Å². The number of hydrogen-bond donors (Lipinski definition) is 2. The van der Waals surface area contributed by atoms with Crippen LogP contribution in [0.5, 0.6) is 5.75 Å². The van der Waals surface area contributed by atoms with Crippen molar-refractivity contribution >= 4 is 33.8 Å². The third kappa shape index (κ3) is 3.67. The lowest BCUT2D eigenvalue weighted by Crippen LogP contribution is -2.13. The van der Waals surface area contributed by atoms with Crippen molar-refractivity contribution in [3.63, 3.8) is 0 Å². The van der Waals surface area contributed by atoms with Gasteiger partial charge in [0.25, 0.3) is 5.91 Å². The molecule has 0 spiro atoms. The van der Waals surface area contributed by atoms with Gasteiger partial charge in [0.05, 0.1) is 18.4 Å². The van der Waals surface area contributed by atoms with E-state index in [0.717, 1.165) is 17.1 Å². The molecule has 1 heterocycles. The van der Waals surface area contributed by atoms with Crippen LogP contribution in [0.15, 0.2) is 60.1 Å². The normalized spacial score (nSPS) is 10.1. The molecule has 3 aromatic rings.